The third-order valence-corrected chi connectivity index (χ3v) is 6.17. The first kappa shape index (κ1) is 18.5. The zero-order chi connectivity index (χ0) is 18.4. The molecule has 2 aliphatic rings. The van der Waals surface area contributed by atoms with Crippen LogP contribution >= 0.6 is 23.2 Å². The van der Waals surface area contributed by atoms with Crippen molar-refractivity contribution in [1.29, 1.82) is 0 Å². The smallest absolute Gasteiger partial charge is 0.251 e. The van der Waals surface area contributed by atoms with E-state index in [1.807, 2.05) is 0 Å². The van der Waals surface area contributed by atoms with Crippen LogP contribution in [0.3, 0.4) is 0 Å². The summed E-state index contributed by atoms with van der Waals surface area (Å²) in [5, 5.41) is 3.34. The first-order valence-corrected chi connectivity index (χ1v) is 9.09. The maximum absolute atomic E-state index is 12.5. The highest BCUT2D eigenvalue weighted by Crippen LogP contribution is 2.54. The number of nitrogens with one attached hydrogen (secondary N) is 1. The van der Waals surface area contributed by atoms with E-state index in [-0.39, 0.29) is 35.9 Å². The summed E-state index contributed by atoms with van der Waals surface area (Å²) in [6, 6.07) is 4.76. The lowest BCUT2D eigenvalue weighted by Crippen LogP contribution is -2.67. The van der Waals surface area contributed by atoms with E-state index in [4.69, 9.17) is 27.9 Å². The second-order valence-electron chi connectivity index (χ2n) is 7.33. The van der Waals surface area contributed by atoms with E-state index < -0.39 is 0 Å². The zero-order valence-corrected chi connectivity index (χ0v) is 16.0. The molecule has 0 spiro atoms. The van der Waals surface area contributed by atoms with E-state index in [1.54, 1.807) is 24.1 Å². The Bertz CT molecular complexity index is 708. The van der Waals surface area contributed by atoms with E-state index in [1.165, 1.54) is 6.07 Å². The molecule has 0 unspecified atom stereocenters. The largest absolute Gasteiger partial charge is 0.377 e. The highest BCUT2D eigenvalue weighted by Gasteiger charge is 2.61. The monoisotopic (exact) mass is 384 g/mol. The van der Waals surface area contributed by atoms with Crippen LogP contribution in [0.25, 0.3) is 0 Å². The van der Waals surface area contributed by atoms with Gasteiger partial charge < -0.3 is 15.0 Å². The van der Waals surface area contributed by atoms with Crippen molar-refractivity contribution in [2.75, 3.05) is 20.2 Å². The molecule has 3 rings (SSSR count). The molecule has 0 bridgehead atoms. The standard InChI is InChI=1S/C18H22Cl2N2O3/c1-18(2)15(11-6-7-25-16(11)18)22(3)14(23)9-21-17(24)10-4-5-12(19)13(20)8-10/h4-5,8,11,15-16H,6-7,9H2,1-3H3,(H,21,24)/t11-,15-,16-/m1/s1. The summed E-state index contributed by atoms with van der Waals surface area (Å²) in [6.45, 7) is 4.95. The van der Waals surface area contributed by atoms with Gasteiger partial charge in [-0.1, -0.05) is 37.0 Å². The Hall–Kier alpha value is -1.30. The lowest BCUT2D eigenvalue weighted by Gasteiger charge is -2.57. The van der Waals surface area contributed by atoms with Gasteiger partial charge in [0.15, 0.2) is 0 Å². The van der Waals surface area contributed by atoms with E-state index >= 15 is 0 Å². The van der Waals surface area contributed by atoms with Crippen molar-refractivity contribution in [3.8, 4) is 0 Å². The molecule has 1 aromatic carbocycles. The zero-order valence-electron chi connectivity index (χ0n) is 14.5. The predicted octanol–water partition coefficient (Wildman–Crippen LogP) is 3.00. The Balaban J connectivity index is 1.58. The fourth-order valence-electron chi connectivity index (χ4n) is 4.26. The van der Waals surface area contributed by atoms with Gasteiger partial charge in [-0.05, 0) is 24.6 Å². The lowest BCUT2D eigenvalue weighted by molar-refractivity contribution is -0.166. The number of halogens is 2. The number of nitrogens with zero attached hydrogens (tertiary/aromatic N) is 1. The molecule has 1 aliphatic heterocycles. The van der Waals surface area contributed by atoms with Gasteiger partial charge >= 0.3 is 0 Å². The second kappa shape index (κ2) is 6.78. The number of carbonyl (C=O) groups excluding carboxylic acids is 2. The fourth-order valence-corrected chi connectivity index (χ4v) is 4.56. The van der Waals surface area contributed by atoms with Gasteiger partial charge in [-0.25, -0.2) is 0 Å². The third kappa shape index (κ3) is 3.25. The van der Waals surface area contributed by atoms with E-state index in [0.29, 0.717) is 21.5 Å². The van der Waals surface area contributed by atoms with Crippen molar-refractivity contribution in [2.24, 2.45) is 11.3 Å². The first-order valence-electron chi connectivity index (χ1n) is 8.34. The highest BCUT2D eigenvalue weighted by molar-refractivity contribution is 6.42. The van der Waals surface area contributed by atoms with Gasteiger partial charge in [0.25, 0.3) is 5.91 Å². The van der Waals surface area contributed by atoms with Gasteiger partial charge in [-0.15, -0.1) is 0 Å². The van der Waals surface area contributed by atoms with Crippen LogP contribution in [0.1, 0.15) is 30.6 Å². The molecular weight excluding hydrogens is 363 g/mol. The maximum atomic E-state index is 12.5. The number of likely N-dealkylation sites (N-methyl/N-ethyl adjacent to an activating group) is 1. The van der Waals surface area contributed by atoms with Gasteiger partial charge in [0.1, 0.15) is 0 Å². The molecule has 1 aromatic rings. The Morgan fingerprint density at radius 3 is 2.72 bits per heavy atom. The minimum Gasteiger partial charge on any atom is -0.377 e. The summed E-state index contributed by atoms with van der Waals surface area (Å²) < 4.78 is 5.77. The molecule has 0 radical (unpaired) electrons. The summed E-state index contributed by atoms with van der Waals surface area (Å²) in [6.07, 6.45) is 1.20. The summed E-state index contributed by atoms with van der Waals surface area (Å²) in [4.78, 5) is 26.5. The van der Waals surface area contributed by atoms with Gasteiger partial charge in [0.05, 0.1) is 22.7 Å². The van der Waals surface area contributed by atoms with E-state index in [9.17, 15) is 9.59 Å². The molecule has 7 heteroatoms. The number of carbonyl (C=O) groups is 2. The molecule has 25 heavy (non-hydrogen) atoms. The number of ether oxygens (including phenoxy) is 1. The summed E-state index contributed by atoms with van der Waals surface area (Å²) >= 11 is 11.8. The highest BCUT2D eigenvalue weighted by atomic mass is 35.5. The van der Waals surface area contributed by atoms with Crippen LogP contribution < -0.4 is 5.32 Å². The topological polar surface area (TPSA) is 58.6 Å². The van der Waals surface area contributed by atoms with Crippen LogP contribution in [0, 0.1) is 11.3 Å². The molecule has 2 fully saturated rings. The molecule has 3 atom stereocenters. The van der Waals surface area contributed by atoms with Gasteiger partial charge in [0, 0.05) is 36.6 Å². The van der Waals surface area contributed by atoms with Crippen molar-refractivity contribution >= 4 is 35.0 Å². The van der Waals surface area contributed by atoms with E-state index in [2.05, 4.69) is 19.2 Å². The normalized spacial score (nSPS) is 26.5. The maximum Gasteiger partial charge on any atom is 0.251 e. The van der Waals surface area contributed by atoms with Crippen LogP contribution in [0.15, 0.2) is 18.2 Å². The SMILES string of the molecule is CN(C(=O)CNC(=O)c1ccc(Cl)c(Cl)c1)[C@@H]1[C@H]2CCO[C@H]2C1(C)C. The Kier molecular flexibility index (Phi) is 5.02. The molecule has 5 nitrogen and oxygen atoms in total. The van der Waals surface area contributed by atoms with Crippen LogP contribution in [-0.2, 0) is 9.53 Å². The summed E-state index contributed by atoms with van der Waals surface area (Å²) in [5.74, 6) is -0.0816. The van der Waals surface area contributed by atoms with Crippen molar-refractivity contribution in [3.05, 3.63) is 33.8 Å². The Morgan fingerprint density at radius 1 is 1.32 bits per heavy atom. The van der Waals surface area contributed by atoms with Gasteiger partial charge in [-0.3, -0.25) is 9.59 Å². The molecule has 1 saturated heterocycles. The molecule has 2 amide bonds. The minimum absolute atomic E-state index is 0.0552. The van der Waals surface area contributed by atoms with Crippen LogP contribution in [0.4, 0.5) is 0 Å². The molecule has 1 heterocycles. The Labute approximate surface area is 157 Å². The molecule has 136 valence electrons. The number of fused-ring (bicyclic) bond motifs is 1. The van der Waals surface area contributed by atoms with Crippen molar-refractivity contribution in [2.45, 2.75) is 32.4 Å². The number of rotatable bonds is 4. The van der Waals surface area contributed by atoms with Crippen molar-refractivity contribution in [1.82, 2.24) is 10.2 Å². The summed E-state index contributed by atoms with van der Waals surface area (Å²) in [5.41, 5.74) is 0.303. The van der Waals surface area contributed by atoms with Crippen LogP contribution in [0.5, 0.6) is 0 Å². The molecule has 1 N–H and O–H groups in total. The second-order valence-corrected chi connectivity index (χ2v) is 8.14. The number of amides is 2. The first-order chi connectivity index (χ1) is 11.7. The van der Waals surface area contributed by atoms with Crippen molar-refractivity contribution in [3.63, 3.8) is 0 Å². The molecule has 0 aromatic heterocycles. The fraction of sp³-hybridized carbons (Fsp3) is 0.556. The lowest BCUT2D eigenvalue weighted by atomic mass is 9.57. The quantitative estimate of drug-likeness (QED) is 0.867. The Morgan fingerprint density at radius 2 is 2.04 bits per heavy atom. The average molecular weight is 385 g/mol. The minimum atomic E-state index is -0.352. The summed E-state index contributed by atoms with van der Waals surface area (Å²) in [7, 11) is 1.80. The number of hydrogen-bond acceptors (Lipinski definition) is 3. The average Bonchev–Trinajstić information content (AvgIpc) is 3.00. The van der Waals surface area contributed by atoms with Crippen LogP contribution in [-0.4, -0.2) is 49.1 Å². The molecule has 1 saturated carbocycles. The van der Waals surface area contributed by atoms with Crippen molar-refractivity contribution < 1.29 is 14.3 Å². The van der Waals surface area contributed by atoms with Gasteiger partial charge in [0.2, 0.25) is 5.91 Å². The van der Waals surface area contributed by atoms with Crippen LogP contribution in [0.2, 0.25) is 10.0 Å². The number of hydrogen-bond donors (Lipinski definition) is 1. The molecular formula is C18H22Cl2N2O3. The predicted molar refractivity (Wildman–Crippen MR) is 97.0 cm³/mol. The molecule has 1 aliphatic carbocycles. The third-order valence-electron chi connectivity index (χ3n) is 5.43. The van der Waals surface area contributed by atoms with E-state index in [0.717, 1.165) is 13.0 Å². The van der Waals surface area contributed by atoms with Gasteiger partial charge in [-0.2, -0.15) is 0 Å². The number of benzene rings is 1.